The van der Waals surface area contributed by atoms with Gasteiger partial charge in [-0.3, -0.25) is 0 Å². The minimum Gasteiger partial charge on any atom is -0.314 e. The fourth-order valence-corrected chi connectivity index (χ4v) is 6.91. The molecular formula is C21H45FSi. The maximum Gasteiger partial charge on any atom is 0.247 e. The van der Waals surface area contributed by atoms with E-state index in [1.54, 1.807) is 0 Å². The Balaban J connectivity index is 4.00. The summed E-state index contributed by atoms with van der Waals surface area (Å²) in [5.74, 6) is 0. The van der Waals surface area contributed by atoms with E-state index in [4.69, 9.17) is 0 Å². The maximum atomic E-state index is 15.5. The summed E-state index contributed by atoms with van der Waals surface area (Å²) in [5, 5.41) is 0. The summed E-state index contributed by atoms with van der Waals surface area (Å²) in [4.78, 5) is 0. The lowest BCUT2D eigenvalue weighted by Gasteiger charge is -2.23. The van der Waals surface area contributed by atoms with Gasteiger partial charge < -0.3 is 4.11 Å². The van der Waals surface area contributed by atoms with Gasteiger partial charge in [-0.15, -0.1) is 0 Å². The van der Waals surface area contributed by atoms with Gasteiger partial charge in [0.15, 0.2) is 0 Å². The van der Waals surface area contributed by atoms with Crippen LogP contribution in [0.15, 0.2) is 0 Å². The van der Waals surface area contributed by atoms with Gasteiger partial charge in [-0.1, -0.05) is 117 Å². The van der Waals surface area contributed by atoms with Crippen LogP contribution in [0.3, 0.4) is 0 Å². The summed E-state index contributed by atoms with van der Waals surface area (Å²) < 4.78 is 15.5. The molecule has 0 aromatic heterocycles. The lowest BCUT2D eigenvalue weighted by molar-refractivity contribution is 0.599. The van der Waals surface area contributed by atoms with Gasteiger partial charge in [0, 0.05) is 0 Å². The second-order valence-corrected chi connectivity index (χ2v) is 11.4. The van der Waals surface area contributed by atoms with Crippen LogP contribution in [0, 0.1) is 0 Å². The highest BCUT2D eigenvalue weighted by Gasteiger charge is 2.32. The molecule has 0 atom stereocenters. The zero-order chi connectivity index (χ0) is 17.2. The van der Waals surface area contributed by atoms with Crippen LogP contribution in [-0.4, -0.2) is 8.41 Å². The molecule has 0 aliphatic rings. The molecule has 0 aliphatic heterocycles. The zero-order valence-electron chi connectivity index (χ0n) is 16.6. The molecule has 0 bridgehead atoms. The number of halogens is 1. The van der Waals surface area contributed by atoms with E-state index in [9.17, 15) is 0 Å². The second-order valence-electron chi connectivity index (χ2n) is 7.64. The van der Waals surface area contributed by atoms with Crippen LogP contribution in [0.1, 0.15) is 117 Å². The molecule has 0 heterocycles. The average molecular weight is 345 g/mol. The topological polar surface area (TPSA) is 0 Å². The molecule has 0 radical (unpaired) electrons. The first kappa shape index (κ1) is 23.1. The van der Waals surface area contributed by atoms with E-state index in [1.165, 1.54) is 77.0 Å². The van der Waals surface area contributed by atoms with Gasteiger partial charge in [0.1, 0.15) is 0 Å². The molecule has 0 amide bonds. The van der Waals surface area contributed by atoms with Crippen LogP contribution in [0.25, 0.3) is 0 Å². The highest BCUT2D eigenvalue weighted by Crippen LogP contribution is 2.30. The van der Waals surface area contributed by atoms with E-state index in [2.05, 4.69) is 20.8 Å². The van der Waals surface area contributed by atoms with Crippen molar-refractivity contribution in [1.29, 1.82) is 0 Å². The molecule has 2 heteroatoms. The van der Waals surface area contributed by atoms with Crippen molar-refractivity contribution in [1.82, 2.24) is 0 Å². The van der Waals surface area contributed by atoms with Crippen molar-refractivity contribution in [3.05, 3.63) is 0 Å². The third-order valence-corrected chi connectivity index (χ3v) is 8.93. The highest BCUT2D eigenvalue weighted by atomic mass is 28.4. The summed E-state index contributed by atoms with van der Waals surface area (Å²) in [6.07, 6.45) is 19.0. The van der Waals surface area contributed by atoms with Crippen molar-refractivity contribution >= 4 is 8.41 Å². The fourth-order valence-electron chi connectivity index (χ4n) is 3.51. The smallest absolute Gasteiger partial charge is 0.247 e. The Labute approximate surface area is 148 Å². The second kappa shape index (κ2) is 17.0. The minimum absolute atomic E-state index is 0.957. The lowest BCUT2D eigenvalue weighted by atomic mass is 10.2. The van der Waals surface area contributed by atoms with Crippen molar-refractivity contribution in [2.75, 3.05) is 0 Å². The van der Waals surface area contributed by atoms with Gasteiger partial charge in [-0.25, -0.2) is 0 Å². The molecule has 0 spiro atoms. The fraction of sp³-hybridized carbons (Fsp3) is 1.00. The number of hydrogen-bond donors (Lipinski definition) is 0. The van der Waals surface area contributed by atoms with Gasteiger partial charge in [0.05, 0.1) is 0 Å². The van der Waals surface area contributed by atoms with E-state index in [1.807, 2.05) is 0 Å². The summed E-state index contributed by atoms with van der Waals surface area (Å²) in [5.41, 5.74) is 0. The van der Waals surface area contributed by atoms with Crippen molar-refractivity contribution in [3.63, 3.8) is 0 Å². The summed E-state index contributed by atoms with van der Waals surface area (Å²) in [6, 6.07) is 2.87. The molecule has 0 saturated carbocycles. The molecule has 0 nitrogen and oxygen atoms in total. The maximum absolute atomic E-state index is 15.5. The molecule has 0 N–H and O–H groups in total. The Morgan fingerprint density at radius 3 is 0.957 bits per heavy atom. The Bertz CT molecular complexity index is 194. The molecule has 23 heavy (non-hydrogen) atoms. The molecule has 0 saturated heterocycles. The monoisotopic (exact) mass is 344 g/mol. The van der Waals surface area contributed by atoms with Gasteiger partial charge in [-0.05, 0) is 18.1 Å². The minimum atomic E-state index is -2.43. The molecule has 0 rings (SSSR count). The number of rotatable bonds is 18. The normalized spacial score (nSPS) is 12.0. The first-order chi connectivity index (χ1) is 11.2. The predicted octanol–water partition coefficient (Wildman–Crippen LogP) is 8.81. The first-order valence-electron chi connectivity index (χ1n) is 10.9. The Hall–Kier alpha value is 0.147. The van der Waals surface area contributed by atoms with E-state index in [-0.39, 0.29) is 0 Å². The summed E-state index contributed by atoms with van der Waals surface area (Å²) >= 11 is 0. The third kappa shape index (κ3) is 15.4. The Morgan fingerprint density at radius 2 is 0.696 bits per heavy atom. The van der Waals surface area contributed by atoms with Gasteiger partial charge in [-0.2, -0.15) is 0 Å². The quantitative estimate of drug-likeness (QED) is 0.132. The molecule has 0 aromatic rings. The van der Waals surface area contributed by atoms with Crippen LogP contribution in [-0.2, 0) is 0 Å². The zero-order valence-corrected chi connectivity index (χ0v) is 17.6. The lowest BCUT2D eigenvalue weighted by Crippen LogP contribution is -2.28. The number of unbranched alkanes of at least 4 members (excludes halogenated alkanes) is 12. The van der Waals surface area contributed by atoms with Gasteiger partial charge in [0.2, 0.25) is 8.41 Å². The first-order valence-corrected chi connectivity index (χ1v) is 13.4. The molecule has 140 valence electrons. The van der Waals surface area contributed by atoms with Crippen LogP contribution < -0.4 is 0 Å². The Morgan fingerprint density at radius 1 is 0.435 bits per heavy atom. The Kier molecular flexibility index (Phi) is 17.1. The van der Waals surface area contributed by atoms with E-state index in [0.29, 0.717) is 0 Å². The van der Waals surface area contributed by atoms with E-state index in [0.717, 1.165) is 37.4 Å². The van der Waals surface area contributed by atoms with Crippen LogP contribution in [0.2, 0.25) is 18.1 Å². The standard InChI is InChI=1S/C21H45FSi/c1-4-7-10-13-16-19-23(22,20-17-14-11-8-5-2)21-18-15-12-9-6-3/h4-21H2,1-3H3. The molecule has 0 unspecified atom stereocenters. The van der Waals surface area contributed by atoms with E-state index >= 15 is 4.11 Å². The van der Waals surface area contributed by atoms with Crippen molar-refractivity contribution in [2.45, 2.75) is 135 Å². The molecule has 0 fully saturated rings. The van der Waals surface area contributed by atoms with Gasteiger partial charge in [0.25, 0.3) is 0 Å². The molecular weight excluding hydrogens is 299 g/mol. The summed E-state index contributed by atoms with van der Waals surface area (Å²) in [6.45, 7) is 6.75. The average Bonchev–Trinajstić information content (AvgIpc) is 2.54. The molecule has 0 aliphatic carbocycles. The molecule has 0 aromatic carbocycles. The SMILES string of the molecule is CCCCCCC[Si](F)(CCCCCCC)CCCCCCC. The van der Waals surface area contributed by atoms with Crippen molar-refractivity contribution in [3.8, 4) is 0 Å². The van der Waals surface area contributed by atoms with Crippen LogP contribution >= 0.6 is 0 Å². The highest BCUT2D eigenvalue weighted by molar-refractivity contribution is 6.73. The van der Waals surface area contributed by atoms with Crippen molar-refractivity contribution < 1.29 is 4.11 Å². The number of hydrogen-bond acceptors (Lipinski definition) is 0. The van der Waals surface area contributed by atoms with Gasteiger partial charge >= 0.3 is 0 Å². The van der Waals surface area contributed by atoms with Crippen LogP contribution in [0.4, 0.5) is 4.11 Å². The largest absolute Gasteiger partial charge is 0.314 e. The van der Waals surface area contributed by atoms with Crippen molar-refractivity contribution in [2.24, 2.45) is 0 Å². The predicted molar refractivity (Wildman–Crippen MR) is 108 cm³/mol. The summed E-state index contributed by atoms with van der Waals surface area (Å²) in [7, 11) is -2.43. The third-order valence-electron chi connectivity index (χ3n) is 5.19. The van der Waals surface area contributed by atoms with Crippen LogP contribution in [0.5, 0.6) is 0 Å². The van der Waals surface area contributed by atoms with E-state index < -0.39 is 8.41 Å².